The lowest BCUT2D eigenvalue weighted by molar-refractivity contribution is -0.138. The van der Waals surface area contributed by atoms with Gasteiger partial charge in [0.2, 0.25) is 0 Å². The highest BCUT2D eigenvalue weighted by Crippen LogP contribution is 2.35. The maximum Gasteiger partial charge on any atom is 0.416 e. The molecule has 112 valence electrons. The van der Waals surface area contributed by atoms with E-state index in [0.717, 1.165) is 11.6 Å². The molecule has 0 saturated heterocycles. The zero-order valence-corrected chi connectivity index (χ0v) is 11.6. The highest BCUT2D eigenvalue weighted by atomic mass is 19.4. The van der Waals surface area contributed by atoms with Crippen LogP contribution in [0, 0.1) is 6.92 Å². The van der Waals surface area contributed by atoms with E-state index < -0.39 is 11.7 Å². The number of nitrogens with two attached hydrogens (primary N) is 1. The summed E-state index contributed by atoms with van der Waals surface area (Å²) in [6.07, 6.45) is -4.24. The summed E-state index contributed by atoms with van der Waals surface area (Å²) in [4.78, 5) is 0. The first-order valence-corrected chi connectivity index (χ1v) is 6.55. The monoisotopic (exact) mass is 295 g/mol. The van der Waals surface area contributed by atoms with Crippen molar-refractivity contribution in [3.05, 3.63) is 59.2 Å². The highest BCUT2D eigenvalue weighted by Gasteiger charge is 2.33. The van der Waals surface area contributed by atoms with E-state index in [9.17, 15) is 13.2 Å². The second-order valence-corrected chi connectivity index (χ2v) is 4.77. The van der Waals surface area contributed by atoms with Gasteiger partial charge in [0.15, 0.2) is 0 Å². The van der Waals surface area contributed by atoms with Crippen LogP contribution in [0.25, 0.3) is 0 Å². The zero-order valence-electron chi connectivity index (χ0n) is 11.6. The van der Waals surface area contributed by atoms with Crippen molar-refractivity contribution in [2.45, 2.75) is 19.5 Å². The third-order valence-electron chi connectivity index (χ3n) is 3.03. The summed E-state index contributed by atoms with van der Waals surface area (Å²) in [6, 6.07) is 11.1. The first-order chi connectivity index (χ1) is 9.90. The van der Waals surface area contributed by atoms with Crippen LogP contribution in [-0.2, 0) is 12.6 Å². The van der Waals surface area contributed by atoms with Crippen LogP contribution in [0.15, 0.2) is 42.5 Å². The molecule has 0 aliphatic rings. The third-order valence-corrected chi connectivity index (χ3v) is 3.03. The largest absolute Gasteiger partial charge is 0.457 e. The van der Waals surface area contributed by atoms with Gasteiger partial charge in [-0.1, -0.05) is 18.2 Å². The molecule has 0 saturated carbocycles. The molecular formula is C16H16F3NO. The lowest BCUT2D eigenvalue weighted by Gasteiger charge is -2.14. The third kappa shape index (κ3) is 3.98. The molecule has 2 nitrogen and oxygen atoms in total. The van der Waals surface area contributed by atoms with Gasteiger partial charge in [-0.25, -0.2) is 0 Å². The fraction of sp³-hybridized carbons (Fsp3) is 0.250. The van der Waals surface area contributed by atoms with E-state index in [1.54, 1.807) is 18.2 Å². The molecule has 0 bridgehead atoms. The van der Waals surface area contributed by atoms with Crippen molar-refractivity contribution >= 4 is 0 Å². The van der Waals surface area contributed by atoms with E-state index in [1.165, 1.54) is 12.1 Å². The van der Waals surface area contributed by atoms with Gasteiger partial charge >= 0.3 is 6.18 Å². The molecule has 0 fully saturated rings. The quantitative estimate of drug-likeness (QED) is 0.912. The van der Waals surface area contributed by atoms with Gasteiger partial charge in [-0.15, -0.1) is 0 Å². The molecule has 0 aliphatic heterocycles. The van der Waals surface area contributed by atoms with Crippen LogP contribution in [0.3, 0.4) is 0 Å². The fourth-order valence-electron chi connectivity index (χ4n) is 2.07. The van der Waals surface area contributed by atoms with Crippen LogP contribution < -0.4 is 10.5 Å². The molecule has 0 aliphatic carbocycles. The van der Waals surface area contributed by atoms with Crippen molar-refractivity contribution in [1.29, 1.82) is 0 Å². The van der Waals surface area contributed by atoms with Crippen LogP contribution in [0.2, 0.25) is 0 Å². The molecule has 5 heteroatoms. The van der Waals surface area contributed by atoms with E-state index in [0.29, 0.717) is 5.75 Å². The SMILES string of the molecule is Cc1cccc(Oc2ccc(CCN)c(C(F)(F)F)c2)c1. The molecule has 21 heavy (non-hydrogen) atoms. The minimum atomic E-state index is -4.42. The Morgan fingerprint density at radius 1 is 1.05 bits per heavy atom. The van der Waals surface area contributed by atoms with E-state index >= 15 is 0 Å². The Morgan fingerprint density at radius 2 is 1.76 bits per heavy atom. The molecule has 2 N–H and O–H groups in total. The van der Waals surface area contributed by atoms with Crippen molar-refractivity contribution in [3.8, 4) is 11.5 Å². The van der Waals surface area contributed by atoms with Gasteiger partial charge in [0.25, 0.3) is 0 Å². The van der Waals surface area contributed by atoms with E-state index in [2.05, 4.69) is 0 Å². The van der Waals surface area contributed by atoms with Crippen LogP contribution in [0.4, 0.5) is 13.2 Å². The lowest BCUT2D eigenvalue weighted by Crippen LogP contribution is -2.12. The smallest absolute Gasteiger partial charge is 0.416 e. The molecule has 2 rings (SSSR count). The normalized spacial score (nSPS) is 11.5. The number of hydrogen-bond donors (Lipinski definition) is 1. The Morgan fingerprint density at radius 3 is 2.38 bits per heavy atom. The van der Waals surface area contributed by atoms with Gasteiger partial charge < -0.3 is 10.5 Å². The second-order valence-electron chi connectivity index (χ2n) is 4.77. The molecule has 0 spiro atoms. The van der Waals surface area contributed by atoms with Crippen molar-refractivity contribution in [1.82, 2.24) is 0 Å². The Bertz CT molecular complexity index is 623. The van der Waals surface area contributed by atoms with E-state index in [1.807, 2.05) is 13.0 Å². The Hall–Kier alpha value is -2.01. The van der Waals surface area contributed by atoms with Crippen LogP contribution in [-0.4, -0.2) is 6.54 Å². The summed E-state index contributed by atoms with van der Waals surface area (Å²) in [5, 5.41) is 0. The molecule has 0 radical (unpaired) electrons. The van der Waals surface area contributed by atoms with Gasteiger partial charge in [-0.3, -0.25) is 0 Å². The lowest BCUT2D eigenvalue weighted by atomic mass is 10.0. The topological polar surface area (TPSA) is 35.2 Å². The van der Waals surface area contributed by atoms with Crippen molar-refractivity contribution in [2.75, 3.05) is 6.54 Å². The molecule has 0 atom stereocenters. The van der Waals surface area contributed by atoms with E-state index in [4.69, 9.17) is 10.5 Å². The maximum absolute atomic E-state index is 13.1. The summed E-state index contributed by atoms with van der Waals surface area (Å²) in [7, 11) is 0. The molecule has 0 heterocycles. The summed E-state index contributed by atoms with van der Waals surface area (Å²) >= 11 is 0. The highest BCUT2D eigenvalue weighted by molar-refractivity contribution is 5.40. The number of hydrogen-bond acceptors (Lipinski definition) is 2. The van der Waals surface area contributed by atoms with Gasteiger partial charge in [0, 0.05) is 0 Å². The van der Waals surface area contributed by atoms with Crippen LogP contribution in [0.1, 0.15) is 16.7 Å². The predicted molar refractivity (Wildman–Crippen MR) is 75.5 cm³/mol. The maximum atomic E-state index is 13.1. The number of ether oxygens (including phenoxy) is 1. The van der Waals surface area contributed by atoms with Gasteiger partial charge in [-0.2, -0.15) is 13.2 Å². The zero-order chi connectivity index (χ0) is 15.5. The van der Waals surface area contributed by atoms with Crippen molar-refractivity contribution < 1.29 is 17.9 Å². The summed E-state index contributed by atoms with van der Waals surface area (Å²) in [5.41, 5.74) is 5.81. The number of benzene rings is 2. The number of alkyl halides is 3. The Labute approximate surface area is 121 Å². The first-order valence-electron chi connectivity index (χ1n) is 6.55. The number of rotatable bonds is 4. The molecule has 2 aromatic rings. The second kappa shape index (κ2) is 6.18. The summed E-state index contributed by atoms with van der Waals surface area (Å²) in [6.45, 7) is 2.06. The molecule has 0 aromatic heterocycles. The molecular weight excluding hydrogens is 279 g/mol. The predicted octanol–water partition coefficient (Wildman–Crippen LogP) is 4.31. The fourth-order valence-corrected chi connectivity index (χ4v) is 2.07. The summed E-state index contributed by atoms with van der Waals surface area (Å²) in [5.74, 6) is 0.670. The van der Waals surface area contributed by atoms with Gasteiger partial charge in [0.1, 0.15) is 11.5 Å². The van der Waals surface area contributed by atoms with Gasteiger partial charge in [0.05, 0.1) is 5.56 Å². The molecule has 0 unspecified atom stereocenters. The summed E-state index contributed by atoms with van der Waals surface area (Å²) < 4.78 is 44.7. The van der Waals surface area contributed by atoms with Crippen molar-refractivity contribution in [3.63, 3.8) is 0 Å². The van der Waals surface area contributed by atoms with Crippen LogP contribution >= 0.6 is 0 Å². The van der Waals surface area contributed by atoms with E-state index in [-0.39, 0.29) is 24.3 Å². The standard InChI is InChI=1S/C16H16F3NO/c1-11-3-2-4-13(9-11)21-14-6-5-12(7-8-20)15(10-14)16(17,18)19/h2-6,9-10H,7-8,20H2,1H3. The number of halogens is 3. The van der Waals surface area contributed by atoms with Crippen molar-refractivity contribution in [2.24, 2.45) is 5.73 Å². The molecule has 2 aromatic carbocycles. The Balaban J connectivity index is 2.33. The van der Waals surface area contributed by atoms with Gasteiger partial charge in [-0.05, 0) is 55.3 Å². The average molecular weight is 295 g/mol. The minimum absolute atomic E-state index is 0.161. The minimum Gasteiger partial charge on any atom is -0.457 e. The first kappa shape index (κ1) is 15.4. The molecule has 0 amide bonds. The average Bonchev–Trinajstić information content (AvgIpc) is 2.39. The number of aryl methyl sites for hydroxylation is 1. The van der Waals surface area contributed by atoms with Crippen LogP contribution in [0.5, 0.6) is 11.5 Å². The Kier molecular flexibility index (Phi) is 4.53.